The van der Waals surface area contributed by atoms with Gasteiger partial charge in [-0.25, -0.2) is 5.48 Å². The number of aromatic nitrogens is 1. The van der Waals surface area contributed by atoms with Crippen molar-refractivity contribution in [2.24, 2.45) is 0 Å². The van der Waals surface area contributed by atoms with E-state index in [0.717, 1.165) is 16.7 Å². The van der Waals surface area contributed by atoms with Gasteiger partial charge in [0.1, 0.15) is 6.61 Å². The van der Waals surface area contributed by atoms with Gasteiger partial charge in [-0.2, -0.15) is 18.2 Å². The predicted molar refractivity (Wildman–Crippen MR) is 88.4 cm³/mol. The molecule has 1 amide bonds. The molecule has 0 aliphatic carbocycles. The summed E-state index contributed by atoms with van der Waals surface area (Å²) in [4.78, 5) is 11.5. The molecule has 0 aliphatic rings. The van der Waals surface area contributed by atoms with Crippen LogP contribution in [0.15, 0.2) is 54.7 Å². The van der Waals surface area contributed by atoms with Crippen molar-refractivity contribution in [2.45, 2.75) is 6.54 Å². The number of amides is 1. The van der Waals surface area contributed by atoms with Gasteiger partial charge in [0.15, 0.2) is 0 Å². The van der Waals surface area contributed by atoms with Gasteiger partial charge in [0, 0.05) is 55.7 Å². The van der Waals surface area contributed by atoms with E-state index in [4.69, 9.17) is 9.94 Å². The van der Waals surface area contributed by atoms with E-state index < -0.39 is 5.91 Å². The van der Waals surface area contributed by atoms with Gasteiger partial charge in [-0.1, -0.05) is 6.07 Å². The Balaban J connectivity index is 0.00000144. The number of nitrogens with zero attached hydrogens (tertiary/aromatic N) is 1. The number of nitrogens with one attached hydrogen (secondary N) is 1. The second-order valence-corrected chi connectivity index (χ2v) is 4.81. The molecule has 0 unspecified atom stereocenters. The zero-order valence-electron chi connectivity index (χ0n) is 13.4. The van der Waals surface area contributed by atoms with Gasteiger partial charge < -0.3 is 16.7 Å². The Bertz CT molecular complexity index is 787. The Morgan fingerprint density at radius 3 is 2.67 bits per heavy atom. The number of hydrogen-bond donors (Lipinski definition) is 2. The van der Waals surface area contributed by atoms with E-state index in [1.807, 2.05) is 35.0 Å². The predicted octanol–water partition coefficient (Wildman–Crippen LogP) is 3.09. The molecule has 1 aromatic heterocycles. The molecule has 0 saturated heterocycles. The van der Waals surface area contributed by atoms with Crippen molar-refractivity contribution >= 4 is 16.8 Å². The first-order chi connectivity index (χ1) is 10.8. The molecule has 0 atom stereocenters. The molecule has 2 N–H and O–H groups in total. The molecule has 6 heteroatoms. The first kappa shape index (κ1) is 20.4. The smallest absolute Gasteiger partial charge is 0.274 e. The van der Waals surface area contributed by atoms with E-state index in [1.165, 1.54) is 0 Å². The molecule has 1 radical (unpaired) electrons. The van der Waals surface area contributed by atoms with Gasteiger partial charge in [-0.3, -0.25) is 10.0 Å². The fourth-order valence-electron chi connectivity index (χ4n) is 2.31. The molecule has 0 aliphatic heterocycles. The molecule has 0 saturated carbocycles. The van der Waals surface area contributed by atoms with E-state index in [1.54, 1.807) is 29.7 Å². The average Bonchev–Trinajstić information content (AvgIpc) is 2.97. The number of rotatable bonds is 5. The van der Waals surface area contributed by atoms with Gasteiger partial charge >= 0.3 is 0 Å². The van der Waals surface area contributed by atoms with Crippen molar-refractivity contribution in [3.05, 3.63) is 73.8 Å². The number of hydroxylamine groups is 1. The topological polar surface area (TPSA) is 63.5 Å². The van der Waals surface area contributed by atoms with Crippen LogP contribution < -0.4 is 10.2 Å². The largest absolute Gasteiger partial charge is 0.517 e. The fourth-order valence-corrected chi connectivity index (χ4v) is 2.31. The SMILES string of the molecule is O=C(NO)c1ccc2ccn(CCOc3cc[c-]cc3)c2c1.[CH3-].[Y]. The Kier molecular flexibility index (Phi) is 8.12. The minimum Gasteiger partial charge on any atom is -0.517 e. The van der Waals surface area contributed by atoms with Crippen molar-refractivity contribution in [2.75, 3.05) is 6.61 Å². The normalized spacial score (nSPS) is 9.71. The van der Waals surface area contributed by atoms with Crippen LogP contribution in [0.3, 0.4) is 0 Å². The van der Waals surface area contributed by atoms with Gasteiger partial charge in [0.25, 0.3) is 5.91 Å². The summed E-state index contributed by atoms with van der Waals surface area (Å²) in [5, 5.41) is 9.75. The van der Waals surface area contributed by atoms with Crippen LogP contribution >= 0.6 is 0 Å². The monoisotopic (exact) mass is 399 g/mol. The third-order valence-electron chi connectivity index (χ3n) is 3.43. The number of ether oxygens (including phenoxy) is 1. The number of benzene rings is 2. The zero-order valence-corrected chi connectivity index (χ0v) is 16.2. The molecule has 1 heterocycles. The summed E-state index contributed by atoms with van der Waals surface area (Å²) in [6.07, 6.45) is 1.95. The molecule has 123 valence electrons. The van der Waals surface area contributed by atoms with E-state index >= 15 is 0 Å². The first-order valence-electron chi connectivity index (χ1n) is 6.90. The Hall–Kier alpha value is -1.69. The summed E-state index contributed by atoms with van der Waals surface area (Å²) in [5.74, 6) is 0.280. The molecule has 0 fully saturated rings. The summed E-state index contributed by atoms with van der Waals surface area (Å²) in [6.45, 7) is 1.18. The molecular weight excluding hydrogens is 381 g/mol. The van der Waals surface area contributed by atoms with Gasteiger partial charge in [-0.05, 0) is 23.6 Å². The van der Waals surface area contributed by atoms with Crippen LogP contribution in [0.4, 0.5) is 0 Å². The molecule has 5 nitrogen and oxygen atoms in total. The molecule has 2 aromatic carbocycles. The van der Waals surface area contributed by atoms with Gasteiger partial charge in [0.05, 0.1) is 6.54 Å². The quantitative estimate of drug-likeness (QED) is 0.394. The maximum absolute atomic E-state index is 11.5. The van der Waals surface area contributed by atoms with Gasteiger partial charge in [0.2, 0.25) is 0 Å². The van der Waals surface area contributed by atoms with Crippen LogP contribution in [0, 0.1) is 13.5 Å². The van der Waals surface area contributed by atoms with Crippen LogP contribution in [0.1, 0.15) is 10.4 Å². The fraction of sp³-hybridized carbons (Fsp3) is 0.111. The van der Waals surface area contributed by atoms with Crippen molar-refractivity contribution in [1.29, 1.82) is 0 Å². The first-order valence-corrected chi connectivity index (χ1v) is 6.90. The summed E-state index contributed by atoms with van der Waals surface area (Å²) >= 11 is 0. The third-order valence-corrected chi connectivity index (χ3v) is 3.43. The molecule has 3 aromatic rings. The third kappa shape index (κ3) is 4.66. The Morgan fingerprint density at radius 1 is 1.21 bits per heavy atom. The van der Waals surface area contributed by atoms with Crippen molar-refractivity contribution in [3.63, 3.8) is 0 Å². The van der Waals surface area contributed by atoms with E-state index in [9.17, 15) is 4.79 Å². The van der Waals surface area contributed by atoms with E-state index in [0.29, 0.717) is 18.7 Å². The van der Waals surface area contributed by atoms with Crippen LogP contribution in [0.5, 0.6) is 5.75 Å². The second-order valence-electron chi connectivity index (χ2n) is 4.81. The van der Waals surface area contributed by atoms with E-state index in [-0.39, 0.29) is 40.1 Å². The number of fused-ring (bicyclic) bond motifs is 1. The second kappa shape index (κ2) is 9.57. The summed E-state index contributed by atoms with van der Waals surface area (Å²) < 4.78 is 7.68. The number of carbonyl (C=O) groups is 1. The van der Waals surface area contributed by atoms with E-state index in [2.05, 4.69) is 6.07 Å². The molecule has 24 heavy (non-hydrogen) atoms. The van der Waals surface area contributed by atoms with Gasteiger partial charge in [-0.15, -0.1) is 12.1 Å². The van der Waals surface area contributed by atoms with Crippen molar-refractivity contribution < 1.29 is 47.4 Å². The van der Waals surface area contributed by atoms with Crippen LogP contribution in [0.25, 0.3) is 10.9 Å². The molecular formula is C18H18N2O3Y-2. The summed E-state index contributed by atoms with van der Waals surface area (Å²) in [5.41, 5.74) is 2.98. The average molecular weight is 399 g/mol. The van der Waals surface area contributed by atoms with Crippen LogP contribution in [-0.2, 0) is 39.3 Å². The van der Waals surface area contributed by atoms with Crippen molar-refractivity contribution in [1.82, 2.24) is 10.0 Å². The standard InChI is InChI=1S/C17H15N2O3.CH3.Y/c20-17(18-21)14-7-6-13-8-9-19(16(13)12-14)10-11-22-15-4-2-1-3-5-15;;/h2-9,12,21H,10-11H2,(H,18,20);1H3;/q2*-1;. The number of hydrogen-bond acceptors (Lipinski definition) is 3. The minimum absolute atomic E-state index is 0. The minimum atomic E-state index is -0.522. The summed E-state index contributed by atoms with van der Waals surface area (Å²) in [7, 11) is 0. The zero-order chi connectivity index (χ0) is 15.4. The Labute approximate surface area is 166 Å². The Morgan fingerprint density at radius 2 is 1.96 bits per heavy atom. The molecule has 0 spiro atoms. The van der Waals surface area contributed by atoms with Crippen LogP contribution in [-0.4, -0.2) is 22.3 Å². The molecule has 3 rings (SSSR count). The molecule has 0 bridgehead atoms. The van der Waals surface area contributed by atoms with Crippen LogP contribution in [0.2, 0.25) is 0 Å². The maximum Gasteiger partial charge on any atom is 0.274 e. The maximum atomic E-state index is 11.5. The van der Waals surface area contributed by atoms with Crippen molar-refractivity contribution in [3.8, 4) is 5.75 Å². The number of carbonyl (C=O) groups excluding carboxylic acids is 1. The summed E-state index contributed by atoms with van der Waals surface area (Å²) in [6, 6.07) is 17.5.